The van der Waals surface area contributed by atoms with Crippen molar-refractivity contribution in [3.8, 4) is 0 Å². The Balaban J connectivity index is 1.33. The predicted molar refractivity (Wildman–Crippen MR) is 126 cm³/mol. The van der Waals surface area contributed by atoms with Crippen molar-refractivity contribution < 1.29 is 28.7 Å². The van der Waals surface area contributed by atoms with Crippen LogP contribution in [0.3, 0.4) is 0 Å². The van der Waals surface area contributed by atoms with Gasteiger partial charge < -0.3 is 19.7 Å². The van der Waals surface area contributed by atoms with Crippen molar-refractivity contribution in [1.82, 2.24) is 20.0 Å². The van der Waals surface area contributed by atoms with Gasteiger partial charge in [-0.25, -0.2) is 4.79 Å². The molecule has 2 fully saturated rings. The minimum atomic E-state index is -0.982. The zero-order valence-corrected chi connectivity index (χ0v) is 20.6. The fraction of sp³-hybridized carbons (Fsp3) is 0.560. The van der Waals surface area contributed by atoms with E-state index in [1.165, 1.54) is 7.05 Å². The Morgan fingerprint density at radius 3 is 2.37 bits per heavy atom. The molecule has 10 nitrogen and oxygen atoms in total. The lowest BCUT2D eigenvalue weighted by Crippen LogP contribution is -2.72. The first kappa shape index (κ1) is 24.8. The molecule has 1 spiro atoms. The highest BCUT2D eigenvalue weighted by Crippen LogP contribution is 2.41. The molecule has 0 aliphatic carbocycles. The van der Waals surface area contributed by atoms with Crippen LogP contribution in [0.1, 0.15) is 59.9 Å². The van der Waals surface area contributed by atoms with Gasteiger partial charge in [0, 0.05) is 51.6 Å². The maximum atomic E-state index is 13.0. The quantitative estimate of drug-likeness (QED) is 0.460. The molecule has 3 aliphatic heterocycles. The molecule has 4 amide bonds. The topological polar surface area (TPSA) is 116 Å². The van der Waals surface area contributed by atoms with Crippen LogP contribution in [0, 0.1) is 5.41 Å². The maximum absolute atomic E-state index is 13.0. The number of nitrogens with one attached hydrogen (secondary N) is 1. The lowest BCUT2D eigenvalue weighted by molar-refractivity contribution is -0.121. The van der Waals surface area contributed by atoms with Gasteiger partial charge in [-0.05, 0) is 44.9 Å². The molecule has 1 unspecified atom stereocenters. The molecule has 2 saturated heterocycles. The van der Waals surface area contributed by atoms with Crippen LogP contribution in [-0.4, -0.2) is 89.7 Å². The van der Waals surface area contributed by atoms with Crippen LogP contribution in [0.25, 0.3) is 0 Å². The molecule has 10 heteroatoms. The monoisotopic (exact) mass is 484 g/mol. The fourth-order valence-corrected chi connectivity index (χ4v) is 5.06. The Morgan fingerprint density at radius 2 is 1.77 bits per heavy atom. The van der Waals surface area contributed by atoms with Crippen molar-refractivity contribution in [2.75, 3.05) is 33.2 Å². The summed E-state index contributed by atoms with van der Waals surface area (Å²) in [6.07, 6.45) is 0.389. The molecular formula is C25H32N4O6. The second kappa shape index (κ2) is 9.07. The molecule has 0 saturated carbocycles. The first-order chi connectivity index (χ1) is 16.4. The first-order valence-corrected chi connectivity index (χ1v) is 11.8. The summed E-state index contributed by atoms with van der Waals surface area (Å²) in [6.45, 7) is 9.21. The van der Waals surface area contributed by atoms with Crippen molar-refractivity contribution >= 4 is 30.1 Å². The van der Waals surface area contributed by atoms with E-state index in [0.29, 0.717) is 25.9 Å². The highest BCUT2D eigenvalue weighted by Gasteiger charge is 2.53. The van der Waals surface area contributed by atoms with E-state index in [2.05, 4.69) is 10.2 Å². The van der Waals surface area contributed by atoms with Gasteiger partial charge in [0.05, 0.1) is 17.2 Å². The fourth-order valence-electron chi connectivity index (χ4n) is 5.06. The summed E-state index contributed by atoms with van der Waals surface area (Å²) in [5.41, 5.74) is 1.05. The van der Waals surface area contributed by atoms with Gasteiger partial charge in [0.25, 0.3) is 11.8 Å². The number of ether oxygens (including phenoxy) is 1. The summed E-state index contributed by atoms with van der Waals surface area (Å²) in [5.74, 6) is -1.28. The van der Waals surface area contributed by atoms with Crippen LogP contribution >= 0.6 is 0 Å². The Morgan fingerprint density at radius 1 is 1.11 bits per heavy atom. The summed E-state index contributed by atoms with van der Waals surface area (Å²) >= 11 is 0. The lowest BCUT2D eigenvalue weighted by atomic mass is 9.73. The second-order valence-electron chi connectivity index (χ2n) is 10.8. The minimum absolute atomic E-state index is 0.0423. The summed E-state index contributed by atoms with van der Waals surface area (Å²) in [7, 11) is 1.49. The average molecular weight is 485 g/mol. The van der Waals surface area contributed by atoms with Gasteiger partial charge in [-0.2, -0.15) is 0 Å². The molecule has 0 aromatic heterocycles. The zero-order valence-electron chi connectivity index (χ0n) is 20.6. The van der Waals surface area contributed by atoms with E-state index in [1.54, 1.807) is 17.0 Å². The van der Waals surface area contributed by atoms with Crippen molar-refractivity contribution in [1.29, 1.82) is 0 Å². The molecule has 35 heavy (non-hydrogen) atoms. The molecule has 3 heterocycles. The van der Waals surface area contributed by atoms with Crippen LogP contribution in [-0.2, 0) is 20.9 Å². The van der Waals surface area contributed by atoms with E-state index in [1.807, 2.05) is 26.8 Å². The van der Waals surface area contributed by atoms with Crippen LogP contribution in [0.15, 0.2) is 18.2 Å². The van der Waals surface area contributed by atoms with E-state index in [0.717, 1.165) is 23.6 Å². The number of nitrogens with zero attached hydrogens (tertiary/aromatic N) is 3. The SMILES string of the molecule is CNC(=O)CCC(C=O)N1C(=O)c2ccc(CN3CC4(C3)CN(C(=O)OC(C)(C)C)C4)cc2C1=O. The summed E-state index contributed by atoms with van der Waals surface area (Å²) in [6, 6.07) is 4.20. The van der Waals surface area contributed by atoms with E-state index in [4.69, 9.17) is 4.74 Å². The number of hydrogen-bond donors (Lipinski definition) is 1. The number of rotatable bonds is 7. The van der Waals surface area contributed by atoms with Crippen molar-refractivity contribution in [3.05, 3.63) is 34.9 Å². The first-order valence-electron chi connectivity index (χ1n) is 11.8. The Bertz CT molecular complexity index is 1060. The summed E-state index contributed by atoms with van der Waals surface area (Å²) in [4.78, 5) is 66.1. The summed E-state index contributed by atoms with van der Waals surface area (Å²) in [5, 5.41) is 2.47. The molecule has 4 rings (SSSR count). The van der Waals surface area contributed by atoms with Gasteiger partial charge in [-0.15, -0.1) is 0 Å². The largest absolute Gasteiger partial charge is 0.444 e. The number of aldehydes is 1. The van der Waals surface area contributed by atoms with Crippen LogP contribution in [0.2, 0.25) is 0 Å². The summed E-state index contributed by atoms with van der Waals surface area (Å²) < 4.78 is 5.42. The lowest BCUT2D eigenvalue weighted by Gasteiger charge is -2.60. The highest BCUT2D eigenvalue weighted by atomic mass is 16.6. The standard InChI is InChI=1S/C25H32N4O6/c1-24(2,3)35-23(34)28-14-25(15-28)12-27(13-25)10-16-5-7-18-19(9-16)22(33)29(21(18)32)17(11-30)6-8-20(31)26-4/h5,7,9,11,17H,6,8,10,12-15H2,1-4H3,(H,26,31). The number of fused-ring (bicyclic) bond motifs is 1. The smallest absolute Gasteiger partial charge is 0.410 e. The molecular weight excluding hydrogens is 452 g/mol. The minimum Gasteiger partial charge on any atom is -0.444 e. The number of hydrogen-bond acceptors (Lipinski definition) is 7. The van der Waals surface area contributed by atoms with Crippen LogP contribution in [0.4, 0.5) is 4.79 Å². The van der Waals surface area contributed by atoms with Gasteiger partial charge >= 0.3 is 6.09 Å². The van der Waals surface area contributed by atoms with Gasteiger partial charge in [0.15, 0.2) is 0 Å². The number of carbonyl (C=O) groups excluding carboxylic acids is 5. The zero-order chi connectivity index (χ0) is 25.5. The Kier molecular flexibility index (Phi) is 6.44. The molecule has 1 aromatic carbocycles. The maximum Gasteiger partial charge on any atom is 0.410 e. The predicted octanol–water partition coefficient (Wildman–Crippen LogP) is 1.43. The third-order valence-electron chi connectivity index (χ3n) is 6.65. The molecule has 3 aliphatic rings. The second-order valence-corrected chi connectivity index (χ2v) is 10.8. The normalized spacial score (nSPS) is 19.7. The molecule has 188 valence electrons. The van der Waals surface area contributed by atoms with E-state index < -0.39 is 23.5 Å². The molecule has 1 aromatic rings. The third-order valence-corrected chi connectivity index (χ3v) is 6.65. The highest BCUT2D eigenvalue weighted by molar-refractivity contribution is 6.22. The van der Waals surface area contributed by atoms with Crippen molar-refractivity contribution in [2.45, 2.75) is 51.8 Å². The van der Waals surface area contributed by atoms with Crippen molar-refractivity contribution in [3.63, 3.8) is 0 Å². The van der Waals surface area contributed by atoms with Gasteiger partial charge in [0.2, 0.25) is 5.91 Å². The number of imide groups is 1. The van der Waals surface area contributed by atoms with E-state index >= 15 is 0 Å². The average Bonchev–Trinajstić information content (AvgIpc) is 2.98. The number of likely N-dealkylation sites (tertiary alicyclic amines) is 2. The van der Waals surface area contributed by atoms with Crippen LogP contribution in [0.5, 0.6) is 0 Å². The Hall–Kier alpha value is -3.27. The number of benzene rings is 1. The van der Waals surface area contributed by atoms with Crippen molar-refractivity contribution in [2.24, 2.45) is 5.41 Å². The third kappa shape index (κ3) is 4.93. The van der Waals surface area contributed by atoms with E-state index in [9.17, 15) is 24.0 Å². The van der Waals surface area contributed by atoms with E-state index in [-0.39, 0.29) is 41.4 Å². The molecule has 1 atom stereocenters. The molecule has 0 bridgehead atoms. The molecule has 1 N–H and O–H groups in total. The van der Waals surface area contributed by atoms with Gasteiger partial charge in [-0.1, -0.05) is 6.07 Å². The van der Waals surface area contributed by atoms with Gasteiger partial charge in [0.1, 0.15) is 11.9 Å². The molecule has 0 radical (unpaired) electrons. The van der Waals surface area contributed by atoms with Gasteiger partial charge in [-0.3, -0.25) is 24.2 Å². The number of amides is 4. The van der Waals surface area contributed by atoms with Crippen LogP contribution < -0.4 is 5.32 Å². The number of carbonyl (C=O) groups is 5. The Labute approximate surface area is 204 Å².